The van der Waals surface area contributed by atoms with Crippen LogP contribution in [0.1, 0.15) is 24.0 Å². The Balaban J connectivity index is 2.34. The summed E-state index contributed by atoms with van der Waals surface area (Å²) in [5.74, 6) is 0. The van der Waals surface area contributed by atoms with Crippen molar-refractivity contribution >= 4 is 17.2 Å². The van der Waals surface area contributed by atoms with E-state index in [0.717, 1.165) is 29.0 Å². The number of hydrogen-bond acceptors (Lipinski definition) is 1. The molecule has 0 aromatic heterocycles. The number of aliphatic hydroxyl groups excluding tert-OH is 1. The third-order valence-corrected chi connectivity index (χ3v) is 3.05. The van der Waals surface area contributed by atoms with E-state index in [1.165, 1.54) is 5.57 Å². The second-order valence-electron chi connectivity index (χ2n) is 3.76. The van der Waals surface area contributed by atoms with Crippen LogP contribution in [0.3, 0.4) is 0 Å². The van der Waals surface area contributed by atoms with Gasteiger partial charge in [0.2, 0.25) is 0 Å². The summed E-state index contributed by atoms with van der Waals surface area (Å²) in [7, 11) is 0. The Morgan fingerprint density at radius 2 is 2.21 bits per heavy atom. The van der Waals surface area contributed by atoms with Gasteiger partial charge in [0.05, 0.1) is 6.10 Å². The highest BCUT2D eigenvalue weighted by molar-refractivity contribution is 6.31. The highest BCUT2D eigenvalue weighted by Crippen LogP contribution is 2.30. The van der Waals surface area contributed by atoms with E-state index in [4.69, 9.17) is 11.6 Å². The number of rotatable bonds is 1. The van der Waals surface area contributed by atoms with Crippen LogP contribution in [0.15, 0.2) is 24.3 Å². The van der Waals surface area contributed by atoms with Gasteiger partial charge < -0.3 is 5.11 Å². The number of benzene rings is 1. The minimum Gasteiger partial charge on any atom is -0.389 e. The van der Waals surface area contributed by atoms with Crippen molar-refractivity contribution in [1.29, 1.82) is 0 Å². The Bertz CT molecular complexity index is 382. The molecule has 2 rings (SSSR count). The monoisotopic (exact) mass is 208 g/mol. The summed E-state index contributed by atoms with van der Waals surface area (Å²) in [6.07, 6.45) is 3.42. The average molecular weight is 209 g/mol. The molecule has 0 saturated carbocycles. The average Bonchev–Trinajstić information content (AvgIpc) is 2.57. The van der Waals surface area contributed by atoms with Gasteiger partial charge in [-0.05, 0) is 42.5 Å². The minimum atomic E-state index is -0.273. The minimum absolute atomic E-state index is 0.273. The van der Waals surface area contributed by atoms with Crippen molar-refractivity contribution in [3.05, 3.63) is 40.4 Å². The van der Waals surface area contributed by atoms with E-state index < -0.39 is 0 Å². The predicted octanol–water partition coefficient (Wildman–Crippen LogP) is 3.19. The molecule has 74 valence electrons. The maximum atomic E-state index is 9.38. The summed E-state index contributed by atoms with van der Waals surface area (Å²) in [5, 5.41) is 10.2. The van der Waals surface area contributed by atoms with E-state index in [1.54, 1.807) is 0 Å². The standard InChI is InChI=1S/C12H13ClO/c1-8-2-3-10(7-12(8)13)9-4-5-11(14)6-9/h2-3,6-7,11,14H,4-5H2,1H3. The quantitative estimate of drug-likeness (QED) is 0.752. The summed E-state index contributed by atoms with van der Waals surface area (Å²) >= 11 is 6.04. The molecule has 1 nitrogen and oxygen atoms in total. The summed E-state index contributed by atoms with van der Waals surface area (Å²) in [6, 6.07) is 6.05. The van der Waals surface area contributed by atoms with Gasteiger partial charge in [0.15, 0.2) is 0 Å². The van der Waals surface area contributed by atoms with Crippen LogP contribution in [-0.4, -0.2) is 11.2 Å². The third kappa shape index (κ3) is 1.84. The van der Waals surface area contributed by atoms with Crippen molar-refractivity contribution in [3.63, 3.8) is 0 Å². The molecule has 1 aromatic carbocycles. The van der Waals surface area contributed by atoms with E-state index in [1.807, 2.05) is 25.1 Å². The van der Waals surface area contributed by atoms with E-state index >= 15 is 0 Å². The van der Waals surface area contributed by atoms with Crippen molar-refractivity contribution < 1.29 is 5.11 Å². The predicted molar refractivity (Wildman–Crippen MR) is 59.4 cm³/mol. The maximum absolute atomic E-state index is 9.38. The zero-order valence-corrected chi connectivity index (χ0v) is 8.88. The Morgan fingerprint density at radius 3 is 2.79 bits per heavy atom. The van der Waals surface area contributed by atoms with Crippen LogP contribution in [0, 0.1) is 6.92 Å². The zero-order valence-electron chi connectivity index (χ0n) is 8.13. The number of aryl methyl sites for hydroxylation is 1. The molecule has 0 radical (unpaired) electrons. The molecule has 1 unspecified atom stereocenters. The van der Waals surface area contributed by atoms with Gasteiger partial charge in [0, 0.05) is 5.02 Å². The topological polar surface area (TPSA) is 20.2 Å². The molecule has 1 atom stereocenters. The normalized spacial score (nSPS) is 21.1. The summed E-state index contributed by atoms with van der Waals surface area (Å²) in [5.41, 5.74) is 3.44. The molecule has 0 fully saturated rings. The van der Waals surface area contributed by atoms with Crippen LogP contribution in [-0.2, 0) is 0 Å². The molecule has 0 bridgehead atoms. The number of hydrogen-bond donors (Lipinski definition) is 1. The molecular formula is C12H13ClO. The number of aliphatic hydroxyl groups is 1. The SMILES string of the molecule is Cc1ccc(C2=CC(O)CC2)cc1Cl. The fraction of sp³-hybridized carbons (Fsp3) is 0.333. The first-order valence-corrected chi connectivity index (χ1v) is 5.20. The van der Waals surface area contributed by atoms with Gasteiger partial charge in [-0.1, -0.05) is 29.8 Å². The van der Waals surface area contributed by atoms with E-state index in [2.05, 4.69) is 6.07 Å². The van der Waals surface area contributed by atoms with E-state index in [0.29, 0.717) is 0 Å². The smallest absolute Gasteiger partial charge is 0.0730 e. The highest BCUT2D eigenvalue weighted by atomic mass is 35.5. The van der Waals surface area contributed by atoms with Crippen molar-refractivity contribution in [2.75, 3.05) is 0 Å². The Labute approximate surface area is 89.0 Å². The van der Waals surface area contributed by atoms with Gasteiger partial charge in [-0.3, -0.25) is 0 Å². The first-order valence-electron chi connectivity index (χ1n) is 4.82. The third-order valence-electron chi connectivity index (χ3n) is 2.65. The summed E-state index contributed by atoms with van der Waals surface area (Å²) in [4.78, 5) is 0. The van der Waals surface area contributed by atoms with E-state index in [-0.39, 0.29) is 6.10 Å². The fourth-order valence-electron chi connectivity index (χ4n) is 1.74. The molecule has 2 heteroatoms. The summed E-state index contributed by atoms with van der Waals surface area (Å²) < 4.78 is 0. The largest absolute Gasteiger partial charge is 0.389 e. The summed E-state index contributed by atoms with van der Waals surface area (Å²) in [6.45, 7) is 1.99. The molecule has 0 saturated heterocycles. The lowest BCUT2D eigenvalue weighted by molar-refractivity contribution is 0.223. The van der Waals surface area contributed by atoms with Crippen LogP contribution in [0.4, 0.5) is 0 Å². The first-order chi connectivity index (χ1) is 6.66. The van der Waals surface area contributed by atoms with Crippen molar-refractivity contribution in [2.45, 2.75) is 25.9 Å². The van der Waals surface area contributed by atoms with Crippen LogP contribution in [0.2, 0.25) is 5.02 Å². The van der Waals surface area contributed by atoms with Crippen LogP contribution >= 0.6 is 11.6 Å². The van der Waals surface area contributed by atoms with Gasteiger partial charge >= 0.3 is 0 Å². The molecule has 1 N–H and O–H groups in total. The van der Waals surface area contributed by atoms with Crippen LogP contribution < -0.4 is 0 Å². The lowest BCUT2D eigenvalue weighted by atomic mass is 10.0. The van der Waals surface area contributed by atoms with Crippen LogP contribution in [0.5, 0.6) is 0 Å². The number of allylic oxidation sites excluding steroid dienone is 1. The lowest BCUT2D eigenvalue weighted by Gasteiger charge is -2.04. The number of halogens is 1. The molecule has 0 heterocycles. The Morgan fingerprint density at radius 1 is 1.43 bits per heavy atom. The van der Waals surface area contributed by atoms with Crippen LogP contribution in [0.25, 0.3) is 5.57 Å². The molecule has 0 amide bonds. The molecule has 1 aliphatic carbocycles. The van der Waals surface area contributed by atoms with Crippen molar-refractivity contribution in [2.24, 2.45) is 0 Å². The molecule has 14 heavy (non-hydrogen) atoms. The van der Waals surface area contributed by atoms with Gasteiger partial charge in [0.1, 0.15) is 0 Å². The van der Waals surface area contributed by atoms with Gasteiger partial charge in [-0.2, -0.15) is 0 Å². The van der Waals surface area contributed by atoms with Gasteiger partial charge in [-0.15, -0.1) is 0 Å². The second-order valence-corrected chi connectivity index (χ2v) is 4.17. The van der Waals surface area contributed by atoms with Gasteiger partial charge in [0.25, 0.3) is 0 Å². The molecular weight excluding hydrogens is 196 g/mol. The molecule has 1 aromatic rings. The van der Waals surface area contributed by atoms with Gasteiger partial charge in [-0.25, -0.2) is 0 Å². The first kappa shape index (κ1) is 9.75. The highest BCUT2D eigenvalue weighted by Gasteiger charge is 2.14. The van der Waals surface area contributed by atoms with E-state index in [9.17, 15) is 5.11 Å². The Hall–Kier alpha value is -0.790. The fourth-order valence-corrected chi connectivity index (χ4v) is 1.92. The zero-order chi connectivity index (χ0) is 10.1. The lowest BCUT2D eigenvalue weighted by Crippen LogP contribution is -1.93. The Kier molecular flexibility index (Phi) is 2.62. The van der Waals surface area contributed by atoms with Crippen molar-refractivity contribution in [1.82, 2.24) is 0 Å². The maximum Gasteiger partial charge on any atom is 0.0730 e. The molecule has 0 aliphatic heterocycles. The molecule has 0 spiro atoms. The molecule has 1 aliphatic rings. The van der Waals surface area contributed by atoms with Crippen molar-refractivity contribution in [3.8, 4) is 0 Å². The second kappa shape index (κ2) is 3.76.